The second kappa shape index (κ2) is 6.37. The Morgan fingerprint density at radius 1 is 1.22 bits per heavy atom. The average molecular weight is 280 g/mol. The second-order valence-electron chi connectivity index (χ2n) is 4.38. The van der Waals surface area contributed by atoms with E-state index in [1.807, 2.05) is 29.5 Å². The van der Waals surface area contributed by atoms with Crippen molar-refractivity contribution in [2.75, 3.05) is 0 Å². The zero-order valence-corrected chi connectivity index (χ0v) is 12.3. The standard InChI is InChI=1S/C15H18ClNS/c1-3-14-7-8-15(18-14)10-17-11(2)12-5-4-6-13(16)9-12/h4-9,11,17H,3,10H2,1-2H3/t11-/m0/s1. The number of hydrogen-bond acceptors (Lipinski definition) is 2. The third kappa shape index (κ3) is 3.58. The highest BCUT2D eigenvalue weighted by atomic mass is 35.5. The van der Waals surface area contributed by atoms with Crippen molar-refractivity contribution in [2.24, 2.45) is 0 Å². The van der Waals surface area contributed by atoms with Gasteiger partial charge in [0.15, 0.2) is 0 Å². The summed E-state index contributed by atoms with van der Waals surface area (Å²) in [5.74, 6) is 0. The summed E-state index contributed by atoms with van der Waals surface area (Å²) in [7, 11) is 0. The Kier molecular flexibility index (Phi) is 4.81. The molecule has 2 aromatic rings. The first-order chi connectivity index (χ1) is 8.69. The van der Waals surface area contributed by atoms with E-state index in [1.165, 1.54) is 15.3 Å². The lowest BCUT2D eigenvalue weighted by molar-refractivity contribution is 0.579. The molecule has 1 aromatic carbocycles. The molecule has 0 radical (unpaired) electrons. The Hall–Kier alpha value is -0.830. The van der Waals surface area contributed by atoms with Gasteiger partial charge in [-0.3, -0.25) is 0 Å². The maximum absolute atomic E-state index is 6.00. The minimum Gasteiger partial charge on any atom is -0.305 e. The van der Waals surface area contributed by atoms with E-state index in [9.17, 15) is 0 Å². The van der Waals surface area contributed by atoms with Crippen LogP contribution >= 0.6 is 22.9 Å². The molecule has 1 aromatic heterocycles. The van der Waals surface area contributed by atoms with Gasteiger partial charge in [-0.1, -0.05) is 30.7 Å². The van der Waals surface area contributed by atoms with Crippen molar-refractivity contribution in [1.29, 1.82) is 0 Å². The molecule has 2 rings (SSSR count). The fraction of sp³-hybridized carbons (Fsp3) is 0.333. The largest absolute Gasteiger partial charge is 0.305 e. The summed E-state index contributed by atoms with van der Waals surface area (Å²) in [6, 6.07) is 12.8. The maximum atomic E-state index is 6.00. The van der Waals surface area contributed by atoms with Gasteiger partial charge in [-0.25, -0.2) is 0 Å². The molecule has 0 aliphatic rings. The molecule has 1 heterocycles. The van der Waals surface area contributed by atoms with Crippen molar-refractivity contribution in [3.8, 4) is 0 Å². The van der Waals surface area contributed by atoms with Crippen LogP contribution in [-0.2, 0) is 13.0 Å². The average Bonchev–Trinajstić information content (AvgIpc) is 2.84. The zero-order valence-electron chi connectivity index (χ0n) is 10.7. The SMILES string of the molecule is CCc1ccc(CN[C@@H](C)c2cccc(Cl)c2)s1. The van der Waals surface area contributed by atoms with Gasteiger partial charge in [-0.2, -0.15) is 0 Å². The van der Waals surface area contributed by atoms with Crippen LogP contribution in [0.3, 0.4) is 0 Å². The summed E-state index contributed by atoms with van der Waals surface area (Å²) in [6.45, 7) is 5.27. The molecule has 18 heavy (non-hydrogen) atoms. The number of halogens is 1. The smallest absolute Gasteiger partial charge is 0.0409 e. The van der Waals surface area contributed by atoms with Gasteiger partial charge in [0.1, 0.15) is 0 Å². The molecule has 0 unspecified atom stereocenters. The molecule has 0 saturated heterocycles. The van der Waals surface area contributed by atoms with Gasteiger partial charge in [0.2, 0.25) is 0 Å². The summed E-state index contributed by atoms with van der Waals surface area (Å²) in [4.78, 5) is 2.84. The van der Waals surface area contributed by atoms with Crippen LogP contribution in [0.25, 0.3) is 0 Å². The number of hydrogen-bond donors (Lipinski definition) is 1. The molecular formula is C15H18ClNS. The van der Waals surface area contributed by atoms with Crippen LogP contribution in [0.4, 0.5) is 0 Å². The molecule has 1 nitrogen and oxygen atoms in total. The normalized spacial score (nSPS) is 12.6. The summed E-state index contributed by atoms with van der Waals surface area (Å²) < 4.78 is 0. The van der Waals surface area contributed by atoms with Crippen LogP contribution in [0.15, 0.2) is 36.4 Å². The molecule has 0 aliphatic carbocycles. The van der Waals surface area contributed by atoms with Crippen LogP contribution in [0.1, 0.15) is 35.2 Å². The van der Waals surface area contributed by atoms with Crippen LogP contribution in [0, 0.1) is 0 Å². The van der Waals surface area contributed by atoms with Crippen LogP contribution in [-0.4, -0.2) is 0 Å². The van der Waals surface area contributed by atoms with Crippen molar-refractivity contribution < 1.29 is 0 Å². The van der Waals surface area contributed by atoms with Crippen molar-refractivity contribution in [3.63, 3.8) is 0 Å². The van der Waals surface area contributed by atoms with Crippen molar-refractivity contribution in [2.45, 2.75) is 32.9 Å². The quantitative estimate of drug-likeness (QED) is 0.828. The minimum atomic E-state index is 0.316. The molecule has 0 spiro atoms. The predicted octanol–water partition coefficient (Wildman–Crippen LogP) is 4.81. The Labute approximate surface area is 118 Å². The number of rotatable bonds is 5. The minimum absolute atomic E-state index is 0.316. The van der Waals surface area contributed by atoms with Crippen LogP contribution in [0.2, 0.25) is 5.02 Å². The maximum Gasteiger partial charge on any atom is 0.0409 e. The van der Waals surface area contributed by atoms with Gasteiger partial charge in [0, 0.05) is 27.4 Å². The lowest BCUT2D eigenvalue weighted by Gasteiger charge is -2.13. The molecule has 0 fully saturated rings. The molecule has 0 saturated carbocycles. The first kappa shape index (κ1) is 13.6. The fourth-order valence-electron chi connectivity index (χ4n) is 1.85. The highest BCUT2D eigenvalue weighted by Crippen LogP contribution is 2.20. The zero-order chi connectivity index (χ0) is 13.0. The van der Waals surface area contributed by atoms with E-state index < -0.39 is 0 Å². The number of nitrogens with one attached hydrogen (secondary N) is 1. The molecule has 3 heteroatoms. The van der Waals surface area contributed by atoms with Crippen molar-refractivity contribution in [3.05, 3.63) is 56.7 Å². The summed E-state index contributed by atoms with van der Waals surface area (Å²) in [5.41, 5.74) is 1.23. The molecule has 0 bridgehead atoms. The van der Waals surface area contributed by atoms with Gasteiger partial charge in [0.05, 0.1) is 0 Å². The predicted molar refractivity (Wildman–Crippen MR) is 80.4 cm³/mol. The van der Waals surface area contributed by atoms with Crippen molar-refractivity contribution in [1.82, 2.24) is 5.32 Å². The van der Waals surface area contributed by atoms with Gasteiger partial charge in [-0.15, -0.1) is 11.3 Å². The number of benzene rings is 1. The van der Waals surface area contributed by atoms with E-state index in [1.54, 1.807) is 0 Å². The van der Waals surface area contributed by atoms with E-state index in [0.717, 1.165) is 18.0 Å². The van der Waals surface area contributed by atoms with E-state index in [4.69, 9.17) is 11.6 Å². The lowest BCUT2D eigenvalue weighted by Crippen LogP contribution is -2.17. The third-order valence-corrected chi connectivity index (χ3v) is 4.46. The first-order valence-corrected chi connectivity index (χ1v) is 7.45. The summed E-state index contributed by atoms with van der Waals surface area (Å²) >= 11 is 7.89. The molecule has 0 amide bonds. The van der Waals surface area contributed by atoms with E-state index in [-0.39, 0.29) is 0 Å². The first-order valence-electron chi connectivity index (χ1n) is 6.25. The topological polar surface area (TPSA) is 12.0 Å². The van der Waals surface area contributed by atoms with Gasteiger partial charge < -0.3 is 5.32 Å². The van der Waals surface area contributed by atoms with Gasteiger partial charge >= 0.3 is 0 Å². The molecule has 0 aliphatic heterocycles. The Morgan fingerprint density at radius 3 is 2.67 bits per heavy atom. The molecular weight excluding hydrogens is 262 g/mol. The van der Waals surface area contributed by atoms with Crippen molar-refractivity contribution >= 4 is 22.9 Å². The monoisotopic (exact) mass is 279 g/mol. The van der Waals surface area contributed by atoms with Gasteiger partial charge in [0.25, 0.3) is 0 Å². The second-order valence-corrected chi connectivity index (χ2v) is 6.07. The Balaban J connectivity index is 1.93. The third-order valence-electron chi connectivity index (χ3n) is 3.00. The number of aryl methyl sites for hydroxylation is 1. The molecule has 96 valence electrons. The van der Waals surface area contributed by atoms with E-state index >= 15 is 0 Å². The Bertz CT molecular complexity index is 507. The highest BCUT2D eigenvalue weighted by molar-refractivity contribution is 7.11. The summed E-state index contributed by atoms with van der Waals surface area (Å²) in [5, 5.41) is 4.33. The fourth-order valence-corrected chi connectivity index (χ4v) is 2.96. The van der Waals surface area contributed by atoms with Crippen LogP contribution in [0.5, 0.6) is 0 Å². The van der Waals surface area contributed by atoms with Crippen LogP contribution < -0.4 is 5.32 Å². The van der Waals surface area contributed by atoms with E-state index in [0.29, 0.717) is 6.04 Å². The lowest BCUT2D eigenvalue weighted by atomic mass is 10.1. The Morgan fingerprint density at radius 2 is 2.00 bits per heavy atom. The molecule has 1 atom stereocenters. The summed E-state index contributed by atoms with van der Waals surface area (Å²) in [6.07, 6.45) is 1.12. The molecule has 1 N–H and O–H groups in total. The van der Waals surface area contributed by atoms with Gasteiger partial charge in [-0.05, 0) is 43.2 Å². The highest BCUT2D eigenvalue weighted by Gasteiger charge is 2.06. The number of thiophene rings is 1. The van der Waals surface area contributed by atoms with E-state index in [2.05, 4.69) is 37.4 Å².